The lowest BCUT2D eigenvalue weighted by atomic mass is 9.46. The lowest BCUT2D eigenvalue weighted by molar-refractivity contribution is -0.196. The number of sulfonamides is 1. The van der Waals surface area contributed by atoms with Gasteiger partial charge >= 0.3 is 12.4 Å². The average molecular weight is 751 g/mol. The Morgan fingerprint density at radius 2 is 1.62 bits per heavy atom. The molecule has 1 unspecified atom stereocenters. The lowest BCUT2D eigenvalue weighted by Crippen LogP contribution is -2.57. The van der Waals surface area contributed by atoms with E-state index in [1.165, 1.54) is 6.07 Å². The van der Waals surface area contributed by atoms with Crippen LogP contribution in [0.4, 0.5) is 32.3 Å². The number of fused-ring (bicyclic) bond motifs is 4. The number of anilines is 1. The molecule has 0 amide bonds. The molecular formula is C38H44F6N4O3S. The third kappa shape index (κ3) is 7.51. The Bertz CT molecular complexity index is 1900. The largest absolute Gasteiger partial charge is 0.477 e. The second-order valence-corrected chi connectivity index (χ2v) is 17.6. The van der Waals surface area contributed by atoms with Gasteiger partial charge in [0.05, 0.1) is 29.0 Å². The Labute approximate surface area is 300 Å². The highest BCUT2D eigenvalue weighted by Crippen LogP contribution is 2.65. The third-order valence-electron chi connectivity index (χ3n) is 12.2. The van der Waals surface area contributed by atoms with Crippen molar-refractivity contribution in [3.8, 4) is 17.1 Å². The molecule has 3 fully saturated rings. The van der Waals surface area contributed by atoms with Gasteiger partial charge in [0.15, 0.2) is 0 Å². The SMILES string of the molecule is Cc1cccc(C)c1-c1cc2nc(n1)NS(=O)(=O)c1cccc(c1)CC(C1CC3(C1)CC(N(C)CCC(F)(F)F)C3)[C@H](CC1(C(F)(F)F)CC1)CO2. The van der Waals surface area contributed by atoms with Gasteiger partial charge in [-0.3, -0.25) is 0 Å². The molecule has 1 spiro atoms. The van der Waals surface area contributed by atoms with Gasteiger partial charge in [0, 0.05) is 24.2 Å². The predicted molar refractivity (Wildman–Crippen MR) is 184 cm³/mol. The fraction of sp³-hybridized carbons (Fsp3) is 0.579. The first kappa shape index (κ1) is 36.9. The molecule has 2 aromatic carbocycles. The van der Waals surface area contributed by atoms with E-state index in [0.29, 0.717) is 17.7 Å². The summed E-state index contributed by atoms with van der Waals surface area (Å²) in [5, 5.41) is 0. The van der Waals surface area contributed by atoms with Crippen LogP contribution in [0.3, 0.4) is 0 Å². The summed E-state index contributed by atoms with van der Waals surface area (Å²) in [5.41, 5.74) is 1.82. The van der Waals surface area contributed by atoms with Crippen molar-refractivity contribution in [2.75, 3.05) is 24.9 Å². The summed E-state index contributed by atoms with van der Waals surface area (Å²) in [6.07, 6.45) is -6.12. The quantitative estimate of drug-likeness (QED) is 0.243. The van der Waals surface area contributed by atoms with E-state index in [4.69, 9.17) is 4.74 Å². The van der Waals surface area contributed by atoms with Crippen LogP contribution in [0.15, 0.2) is 53.4 Å². The zero-order valence-electron chi connectivity index (χ0n) is 29.4. The van der Waals surface area contributed by atoms with E-state index in [1.807, 2.05) is 32.0 Å². The smallest absolute Gasteiger partial charge is 0.394 e. The number of aromatic nitrogens is 2. The van der Waals surface area contributed by atoms with Gasteiger partial charge in [-0.05, 0) is 124 Å². The van der Waals surface area contributed by atoms with E-state index in [2.05, 4.69) is 14.7 Å². The Kier molecular flexibility index (Phi) is 9.36. The molecule has 3 aromatic rings. The molecule has 7 rings (SSSR count). The third-order valence-corrected chi connectivity index (χ3v) is 13.5. The molecule has 2 atom stereocenters. The van der Waals surface area contributed by atoms with Crippen LogP contribution >= 0.6 is 0 Å². The molecule has 52 heavy (non-hydrogen) atoms. The van der Waals surface area contributed by atoms with Crippen LogP contribution in [0.1, 0.15) is 68.1 Å². The molecule has 0 radical (unpaired) electrons. The Balaban J connectivity index is 1.22. The summed E-state index contributed by atoms with van der Waals surface area (Å²) in [7, 11) is -2.44. The summed E-state index contributed by atoms with van der Waals surface area (Å²) in [4.78, 5) is 10.7. The molecule has 14 heteroatoms. The normalized spacial score (nSPS) is 28.0. The summed E-state index contributed by atoms with van der Waals surface area (Å²) >= 11 is 0. The minimum absolute atomic E-state index is 0.00847. The summed E-state index contributed by atoms with van der Waals surface area (Å²) in [5.74, 6) is -0.909. The van der Waals surface area contributed by atoms with E-state index in [0.717, 1.165) is 42.4 Å². The van der Waals surface area contributed by atoms with Crippen LogP contribution < -0.4 is 9.46 Å². The molecule has 2 heterocycles. The minimum atomic E-state index is -4.38. The number of aryl methyl sites for hydroxylation is 2. The number of halogens is 6. The van der Waals surface area contributed by atoms with Crippen LogP contribution in [-0.4, -0.2) is 61.9 Å². The molecule has 7 nitrogen and oxygen atoms in total. The topological polar surface area (TPSA) is 84.4 Å². The molecule has 1 N–H and O–H groups in total. The van der Waals surface area contributed by atoms with Crippen molar-refractivity contribution >= 4 is 16.0 Å². The van der Waals surface area contributed by atoms with Gasteiger partial charge in [-0.2, -0.15) is 31.3 Å². The Morgan fingerprint density at radius 3 is 2.25 bits per heavy atom. The van der Waals surface area contributed by atoms with E-state index in [-0.39, 0.29) is 72.4 Å². The molecule has 4 aliphatic rings. The first-order chi connectivity index (χ1) is 24.3. The maximum atomic E-state index is 14.6. The number of hydrogen-bond donors (Lipinski definition) is 1. The highest BCUT2D eigenvalue weighted by molar-refractivity contribution is 7.92. The predicted octanol–water partition coefficient (Wildman–Crippen LogP) is 8.90. The molecule has 3 aliphatic carbocycles. The van der Waals surface area contributed by atoms with Crippen molar-refractivity contribution in [1.82, 2.24) is 14.9 Å². The van der Waals surface area contributed by atoms with Gasteiger partial charge < -0.3 is 9.64 Å². The molecule has 1 aromatic heterocycles. The molecule has 282 valence electrons. The van der Waals surface area contributed by atoms with E-state index >= 15 is 0 Å². The van der Waals surface area contributed by atoms with Crippen LogP contribution in [0.5, 0.6) is 5.88 Å². The van der Waals surface area contributed by atoms with Crippen LogP contribution in [0.2, 0.25) is 0 Å². The van der Waals surface area contributed by atoms with Crippen LogP contribution in [0.25, 0.3) is 11.3 Å². The first-order valence-electron chi connectivity index (χ1n) is 17.9. The standard InChI is InChI=1S/C38H44F6N4O3S/c1-23-6-4-7-24(2)33(23)31-16-32-46-34(45-31)47-52(49,50)29-9-5-8-25(14-29)15-30(27(22-51-32)19-36(10-11-36)38(42,43)44)26-17-35(18-26)20-28(21-35)48(3)13-12-37(39,40)41/h4-9,14,16,26-28,30H,10-13,15,17-22H2,1-3H3,(H,45,46,47)/t26?,27-,28?,30?,35?/m1/s1. The van der Waals surface area contributed by atoms with Crippen LogP contribution in [-0.2, 0) is 16.4 Å². The van der Waals surface area contributed by atoms with Gasteiger partial charge in [-0.25, -0.2) is 18.1 Å². The maximum Gasteiger partial charge on any atom is 0.394 e. The van der Waals surface area contributed by atoms with Gasteiger partial charge in [0.25, 0.3) is 10.0 Å². The number of ether oxygens (including phenoxy) is 1. The second-order valence-electron chi connectivity index (χ2n) is 15.9. The Morgan fingerprint density at radius 1 is 0.942 bits per heavy atom. The summed E-state index contributed by atoms with van der Waals surface area (Å²) in [6.45, 7) is 3.70. The number of nitrogens with one attached hydrogen (secondary N) is 1. The molecule has 4 bridgehead atoms. The van der Waals surface area contributed by atoms with Crippen molar-refractivity contribution in [2.45, 2.75) is 94.9 Å². The molecule has 1 aliphatic heterocycles. The number of alkyl halides is 6. The molecule has 3 saturated carbocycles. The van der Waals surface area contributed by atoms with Crippen molar-refractivity contribution < 1.29 is 39.5 Å². The maximum absolute atomic E-state index is 14.6. The van der Waals surface area contributed by atoms with Crippen molar-refractivity contribution in [3.63, 3.8) is 0 Å². The van der Waals surface area contributed by atoms with Crippen LogP contribution in [0, 0.1) is 42.4 Å². The summed E-state index contributed by atoms with van der Waals surface area (Å²) in [6, 6.07) is 13.8. The highest BCUT2D eigenvalue weighted by atomic mass is 32.2. The van der Waals surface area contributed by atoms with Crippen molar-refractivity contribution in [2.24, 2.45) is 28.6 Å². The van der Waals surface area contributed by atoms with Gasteiger partial charge in [-0.1, -0.05) is 30.3 Å². The van der Waals surface area contributed by atoms with Crippen molar-refractivity contribution in [1.29, 1.82) is 0 Å². The van der Waals surface area contributed by atoms with Gasteiger partial charge in [0.1, 0.15) is 0 Å². The Hall–Kier alpha value is -3.39. The number of nitrogens with zero attached hydrogens (tertiary/aromatic N) is 3. The highest BCUT2D eigenvalue weighted by Gasteiger charge is 2.64. The zero-order chi connectivity index (χ0) is 37.3. The average Bonchev–Trinajstić information content (AvgIpc) is 3.80. The second kappa shape index (κ2) is 13.2. The molecule has 0 saturated heterocycles. The van der Waals surface area contributed by atoms with Gasteiger partial charge in [0.2, 0.25) is 11.8 Å². The number of hydrogen-bond acceptors (Lipinski definition) is 6. The number of benzene rings is 2. The lowest BCUT2D eigenvalue weighted by Gasteiger charge is -2.62. The van der Waals surface area contributed by atoms with Gasteiger partial charge in [-0.15, -0.1) is 0 Å². The fourth-order valence-corrected chi connectivity index (χ4v) is 10.1. The summed E-state index contributed by atoms with van der Waals surface area (Å²) < 4.78 is 118. The minimum Gasteiger partial charge on any atom is -0.477 e. The first-order valence-corrected chi connectivity index (χ1v) is 19.4. The van der Waals surface area contributed by atoms with E-state index in [9.17, 15) is 34.8 Å². The fourth-order valence-electron chi connectivity index (χ4n) is 9.11. The van der Waals surface area contributed by atoms with E-state index < -0.39 is 40.1 Å². The monoisotopic (exact) mass is 750 g/mol. The number of rotatable bonds is 7. The van der Waals surface area contributed by atoms with E-state index in [1.54, 1.807) is 36.2 Å². The van der Waals surface area contributed by atoms with Crippen molar-refractivity contribution in [3.05, 3.63) is 65.2 Å². The zero-order valence-corrected chi connectivity index (χ0v) is 30.3. The molecular weight excluding hydrogens is 706 g/mol.